The summed E-state index contributed by atoms with van der Waals surface area (Å²) in [5.74, 6) is 1.30. The molecule has 2 aromatic heterocycles. The number of aromatic nitrogens is 4. The summed E-state index contributed by atoms with van der Waals surface area (Å²) in [6.07, 6.45) is 3.18. The number of nitrogens with zero attached hydrogens (tertiary/aromatic N) is 3. The number of H-pyrrole nitrogens is 1. The van der Waals surface area contributed by atoms with E-state index in [1.165, 1.54) is 0 Å². The Morgan fingerprint density at radius 3 is 2.48 bits per heavy atom. The smallest absolute Gasteiger partial charge is 0.316 e. The summed E-state index contributed by atoms with van der Waals surface area (Å²) < 4.78 is 52.3. The van der Waals surface area contributed by atoms with Crippen LogP contribution in [0, 0.1) is 0 Å². The van der Waals surface area contributed by atoms with Crippen LogP contribution in [0.4, 0.5) is 5.82 Å². The van der Waals surface area contributed by atoms with Crippen molar-refractivity contribution in [2.24, 2.45) is 0 Å². The number of halogens is 1. The average molecular weight is 631 g/mol. The van der Waals surface area contributed by atoms with Crippen molar-refractivity contribution in [2.45, 2.75) is 37.7 Å². The van der Waals surface area contributed by atoms with Crippen LogP contribution in [0.25, 0.3) is 11.1 Å². The fourth-order valence-corrected chi connectivity index (χ4v) is 5.20. The number of sulfonamides is 1. The molecule has 2 N–H and O–H groups in total. The van der Waals surface area contributed by atoms with Gasteiger partial charge >= 0.3 is 6.01 Å². The molecule has 0 radical (unpaired) electrons. The molecule has 0 spiro atoms. The number of rotatable bonds is 10. The summed E-state index contributed by atoms with van der Waals surface area (Å²) >= 11 is 3.28. The van der Waals surface area contributed by atoms with E-state index in [4.69, 9.17) is 18.9 Å². The number of benzene rings is 2. The van der Waals surface area contributed by atoms with Crippen molar-refractivity contribution >= 4 is 31.8 Å². The highest BCUT2D eigenvalue weighted by Crippen LogP contribution is 2.39. The van der Waals surface area contributed by atoms with Crippen LogP contribution in [0.5, 0.6) is 17.5 Å². The monoisotopic (exact) mass is 629 g/mol. The zero-order valence-corrected chi connectivity index (χ0v) is 24.5. The predicted molar refractivity (Wildman–Crippen MR) is 151 cm³/mol. The number of hydrogen-bond acceptors (Lipinski definition) is 9. The Morgan fingerprint density at radius 1 is 1.02 bits per heavy atom. The minimum atomic E-state index is -3.93. The van der Waals surface area contributed by atoms with Gasteiger partial charge in [0, 0.05) is 12.4 Å². The summed E-state index contributed by atoms with van der Waals surface area (Å²) in [5, 5.41) is 7.20. The van der Waals surface area contributed by atoms with Crippen LogP contribution in [0.15, 0.2) is 64.2 Å². The molecule has 0 saturated carbocycles. The van der Waals surface area contributed by atoms with E-state index in [0.29, 0.717) is 28.3 Å². The van der Waals surface area contributed by atoms with Gasteiger partial charge in [-0.2, -0.15) is 5.10 Å². The van der Waals surface area contributed by atoms with Crippen molar-refractivity contribution in [1.29, 1.82) is 0 Å². The second-order valence-electron chi connectivity index (χ2n) is 9.96. The van der Waals surface area contributed by atoms with E-state index in [2.05, 4.69) is 61.6 Å². The van der Waals surface area contributed by atoms with Gasteiger partial charge in [-0.25, -0.2) is 18.4 Å². The fourth-order valence-electron chi connectivity index (χ4n) is 3.98. The number of aromatic amines is 1. The van der Waals surface area contributed by atoms with E-state index >= 15 is 0 Å². The molecular weight excluding hydrogens is 602 g/mol. The first-order chi connectivity index (χ1) is 19.1. The summed E-state index contributed by atoms with van der Waals surface area (Å²) in [5.41, 5.74) is 2.71. The first kappa shape index (κ1) is 27.9. The van der Waals surface area contributed by atoms with Gasteiger partial charge in [-0.15, -0.1) is 0 Å². The Balaban J connectivity index is 1.35. The maximum Gasteiger partial charge on any atom is 0.316 e. The molecule has 2 aromatic carbocycles. The van der Waals surface area contributed by atoms with E-state index in [1.54, 1.807) is 36.7 Å². The molecular formula is C27H28BrN5O6S. The molecule has 5 rings (SSSR count). The van der Waals surface area contributed by atoms with Gasteiger partial charge in [0.25, 0.3) is 10.0 Å². The number of anilines is 1. The van der Waals surface area contributed by atoms with Gasteiger partial charge in [0.1, 0.15) is 6.61 Å². The summed E-state index contributed by atoms with van der Waals surface area (Å²) in [7, 11) is -3.93. The highest BCUT2D eigenvalue weighted by Gasteiger charge is 2.24. The van der Waals surface area contributed by atoms with Crippen LogP contribution in [-0.2, 0) is 26.8 Å². The van der Waals surface area contributed by atoms with Crippen LogP contribution in [0.3, 0.4) is 0 Å². The number of fused-ring (bicyclic) bond motifs is 1. The molecule has 40 heavy (non-hydrogen) atoms. The van der Waals surface area contributed by atoms with Gasteiger partial charge in [-0.05, 0) is 56.7 Å². The van der Waals surface area contributed by atoms with Gasteiger partial charge in [-0.3, -0.25) is 9.82 Å². The molecule has 0 saturated heterocycles. The molecule has 0 unspecified atom stereocenters. The van der Waals surface area contributed by atoms with E-state index in [9.17, 15) is 8.42 Å². The topological polar surface area (TPSA) is 138 Å². The summed E-state index contributed by atoms with van der Waals surface area (Å²) in [4.78, 5) is 8.24. The maximum absolute atomic E-state index is 13.3. The second kappa shape index (κ2) is 11.4. The molecule has 11 nitrogen and oxygen atoms in total. The highest BCUT2D eigenvalue weighted by molar-refractivity contribution is 9.10. The lowest BCUT2D eigenvalue weighted by molar-refractivity contribution is 0.0841. The third-order valence-electron chi connectivity index (χ3n) is 6.07. The summed E-state index contributed by atoms with van der Waals surface area (Å²) in [6.45, 7) is 6.90. The van der Waals surface area contributed by atoms with Crippen molar-refractivity contribution in [1.82, 2.24) is 20.2 Å². The van der Waals surface area contributed by atoms with Crippen LogP contribution in [0.1, 0.15) is 32.0 Å². The number of ether oxygens (including phenoxy) is 4. The maximum atomic E-state index is 13.3. The zero-order chi connectivity index (χ0) is 28.3. The molecule has 1 aliphatic rings. The number of nitrogens with one attached hydrogen (secondary N) is 2. The molecule has 0 bridgehead atoms. The molecule has 0 fully saturated rings. The lowest BCUT2D eigenvalue weighted by atomic mass is 9.87. The average Bonchev–Trinajstić information content (AvgIpc) is 3.55. The minimum Gasteiger partial charge on any atom is -0.461 e. The van der Waals surface area contributed by atoms with Crippen molar-refractivity contribution in [3.8, 4) is 28.6 Å². The largest absolute Gasteiger partial charge is 0.461 e. The third-order valence-corrected chi connectivity index (χ3v) is 7.83. The molecule has 0 aliphatic carbocycles. The fraction of sp³-hybridized carbons (Fsp3) is 0.296. The molecule has 3 heterocycles. The van der Waals surface area contributed by atoms with Gasteiger partial charge < -0.3 is 18.9 Å². The SMILES string of the molecule is CC(C)(C)c1ccc(S(=O)(=O)Nc2n[nH]c(COCCOc3ncc(Br)cn3)c2-c2ccc3c(c2)OCO3)cc1. The Labute approximate surface area is 240 Å². The zero-order valence-electron chi connectivity index (χ0n) is 22.1. The van der Waals surface area contributed by atoms with E-state index in [0.717, 1.165) is 10.0 Å². The van der Waals surface area contributed by atoms with Crippen molar-refractivity contribution in [2.75, 3.05) is 24.7 Å². The Hall–Kier alpha value is -3.68. The van der Waals surface area contributed by atoms with Crippen LogP contribution in [-0.4, -0.2) is 48.6 Å². The van der Waals surface area contributed by atoms with Gasteiger partial charge in [0.2, 0.25) is 6.79 Å². The van der Waals surface area contributed by atoms with Gasteiger partial charge in [0.05, 0.1) is 33.8 Å². The van der Waals surface area contributed by atoms with Crippen LogP contribution < -0.4 is 18.9 Å². The quantitative estimate of drug-likeness (QED) is 0.231. The Kier molecular flexibility index (Phi) is 7.97. The third kappa shape index (κ3) is 6.37. The Morgan fingerprint density at radius 2 is 1.75 bits per heavy atom. The van der Waals surface area contributed by atoms with E-state index < -0.39 is 10.0 Å². The molecule has 13 heteroatoms. The lowest BCUT2D eigenvalue weighted by Crippen LogP contribution is -2.15. The molecule has 1 aliphatic heterocycles. The Bertz CT molecular complexity index is 1590. The van der Waals surface area contributed by atoms with Crippen LogP contribution >= 0.6 is 15.9 Å². The van der Waals surface area contributed by atoms with Crippen molar-refractivity contribution in [3.63, 3.8) is 0 Å². The second-order valence-corrected chi connectivity index (χ2v) is 12.6. The first-order valence-electron chi connectivity index (χ1n) is 12.4. The molecule has 0 amide bonds. The molecule has 4 aromatic rings. The first-order valence-corrected chi connectivity index (χ1v) is 14.7. The number of hydrogen-bond donors (Lipinski definition) is 2. The van der Waals surface area contributed by atoms with Gasteiger partial charge in [0.15, 0.2) is 17.3 Å². The van der Waals surface area contributed by atoms with Crippen LogP contribution in [0.2, 0.25) is 0 Å². The minimum absolute atomic E-state index is 0.102. The normalized spacial score (nSPS) is 12.9. The van der Waals surface area contributed by atoms with Crippen molar-refractivity contribution in [3.05, 3.63) is 70.6 Å². The summed E-state index contributed by atoms with van der Waals surface area (Å²) in [6, 6.07) is 12.4. The standard InChI is InChI=1S/C27H28BrN5O6S/c1-27(2,3)18-5-7-20(8-6-18)40(34,35)33-25-24(17-4-9-22-23(12-17)39-16-38-22)21(31-32-25)15-36-10-11-37-26-29-13-19(28)14-30-26/h4-9,12-14H,10-11,15-16H2,1-3H3,(H2,31,32,33). The molecule has 0 atom stereocenters. The van der Waals surface area contributed by atoms with Crippen molar-refractivity contribution < 1.29 is 27.4 Å². The molecule has 210 valence electrons. The highest BCUT2D eigenvalue weighted by atomic mass is 79.9. The van der Waals surface area contributed by atoms with Gasteiger partial charge in [-0.1, -0.05) is 39.0 Å². The van der Waals surface area contributed by atoms with E-state index in [1.807, 2.05) is 18.2 Å². The van der Waals surface area contributed by atoms with E-state index in [-0.39, 0.29) is 48.8 Å². The lowest BCUT2D eigenvalue weighted by Gasteiger charge is -2.19. The predicted octanol–water partition coefficient (Wildman–Crippen LogP) is 5.05.